The molecular formula is C127H89N9. The fourth-order valence-corrected chi connectivity index (χ4v) is 18.7. The summed E-state index contributed by atoms with van der Waals surface area (Å²) >= 11 is 0. The van der Waals surface area contributed by atoms with Crippen molar-refractivity contribution in [2.45, 2.75) is 27.7 Å². The molecule has 136 heavy (non-hydrogen) atoms. The van der Waals surface area contributed by atoms with E-state index in [4.69, 9.17) is 39.9 Å². The van der Waals surface area contributed by atoms with Gasteiger partial charge in [-0.05, 0) is 262 Å². The van der Waals surface area contributed by atoms with Crippen molar-refractivity contribution in [2.75, 3.05) is 0 Å². The first-order valence-corrected chi connectivity index (χ1v) is 46.0. The molecule has 0 aliphatic carbocycles. The highest BCUT2D eigenvalue weighted by molar-refractivity contribution is 6.16. The minimum atomic E-state index is 0.676. The van der Waals surface area contributed by atoms with E-state index in [1.165, 1.54) is 81.3 Å². The third kappa shape index (κ3) is 17.5. The van der Waals surface area contributed by atoms with Crippen LogP contribution in [0, 0.1) is 27.7 Å². The van der Waals surface area contributed by atoms with Gasteiger partial charge >= 0.3 is 0 Å². The van der Waals surface area contributed by atoms with Gasteiger partial charge in [0.1, 0.15) is 0 Å². The molecule has 0 bridgehead atoms. The zero-order valence-corrected chi connectivity index (χ0v) is 75.5. The van der Waals surface area contributed by atoms with Crippen molar-refractivity contribution in [3.63, 3.8) is 0 Å². The van der Waals surface area contributed by atoms with E-state index in [1.807, 2.05) is 122 Å². The number of fused-ring (bicyclic) bond motifs is 9. The molecule has 0 unspecified atom stereocenters. The summed E-state index contributed by atoms with van der Waals surface area (Å²) in [6, 6.07) is 156. The Bertz CT molecular complexity index is 8070. The van der Waals surface area contributed by atoms with Crippen LogP contribution in [0.25, 0.3) is 233 Å². The number of rotatable bonds is 15. The Labute approximate surface area is 790 Å². The van der Waals surface area contributed by atoms with Crippen LogP contribution in [0.4, 0.5) is 0 Å². The topological polar surface area (TPSA) is 116 Å². The van der Waals surface area contributed by atoms with E-state index >= 15 is 0 Å². The molecule has 0 spiro atoms. The second-order valence-electron chi connectivity index (χ2n) is 34.7. The van der Waals surface area contributed by atoms with Gasteiger partial charge in [-0.15, -0.1) is 0 Å². The second-order valence-corrected chi connectivity index (χ2v) is 34.7. The van der Waals surface area contributed by atoms with Crippen molar-refractivity contribution >= 4 is 64.6 Å². The third-order valence-electron chi connectivity index (χ3n) is 25.4. The standard InChI is InChI=1S/C43H31N3.2C42H29N3/c1-28-26-44-27-29(2)42(28)37-22-35(34-20-19-31-18-17-30-11-9-10-16-38(30)39(31)24-34)21-36(23-37)41-25-40(32-12-5-3-6-13-32)45-43(46-41)33-14-7-4-8-15-33;2*1-28-20-21-39(43-27-28)33-22-32(38-25-31-16-8-9-17-35(31)36-18-10-11-19-37(36)38)23-34(24-33)42-44-40(29-12-4-2-5-13-29)26-41(45-42)30-14-6-3-7-15-30/h3-27H,1-2H3;2*2-27H,1H3. The SMILES string of the molecule is Cc1ccc(-c2cc(-c3nc(-c4ccccc4)cc(-c4ccccc4)n3)cc(-c3cc4ccccc4c4ccccc34)c2)nc1.Cc1ccc(-c2cc(-c3nc(-c4ccccc4)cc(-c4ccccc4)n3)cc(-c3cc4ccccc4c4ccccc34)c2)nc1.Cc1cncc(C)c1-c1cc(-c2ccc3ccc4ccccc4c3c2)cc(-c2cc(-c3ccccc3)nc(-c3ccccc3)n2)c1. The van der Waals surface area contributed by atoms with Gasteiger partial charge < -0.3 is 0 Å². The highest BCUT2D eigenvalue weighted by Gasteiger charge is 2.22. The molecule has 9 nitrogen and oxygen atoms in total. The van der Waals surface area contributed by atoms with Crippen LogP contribution in [0.1, 0.15) is 22.3 Å². The van der Waals surface area contributed by atoms with Gasteiger partial charge in [0.2, 0.25) is 0 Å². The monoisotopic (exact) mass is 1740 g/mol. The fourth-order valence-electron chi connectivity index (χ4n) is 18.7. The Morgan fingerprint density at radius 1 is 0.154 bits per heavy atom. The van der Waals surface area contributed by atoms with Gasteiger partial charge in [0, 0.05) is 86.0 Å². The van der Waals surface area contributed by atoms with E-state index in [-0.39, 0.29) is 0 Å². The first-order valence-electron chi connectivity index (χ1n) is 46.0. The molecule has 0 saturated heterocycles. The predicted octanol–water partition coefficient (Wildman–Crippen LogP) is 32.8. The Morgan fingerprint density at radius 2 is 0.441 bits per heavy atom. The molecule has 24 aromatic rings. The summed E-state index contributed by atoms with van der Waals surface area (Å²) in [6.07, 6.45) is 7.74. The van der Waals surface area contributed by atoms with Crippen molar-refractivity contribution in [3.8, 4) is 169 Å². The molecule has 9 heteroatoms. The maximum Gasteiger partial charge on any atom is 0.160 e. The fraction of sp³-hybridized carbons (Fsp3) is 0.0315. The van der Waals surface area contributed by atoms with Gasteiger partial charge in [0.25, 0.3) is 0 Å². The quantitative estimate of drug-likeness (QED) is 0.0925. The van der Waals surface area contributed by atoms with Crippen LogP contribution in [-0.4, -0.2) is 44.9 Å². The number of nitrogens with zero attached hydrogens (tertiary/aromatic N) is 9. The third-order valence-corrected chi connectivity index (χ3v) is 25.4. The van der Waals surface area contributed by atoms with Crippen LogP contribution in [0.5, 0.6) is 0 Å². The maximum atomic E-state index is 5.18. The van der Waals surface area contributed by atoms with Crippen LogP contribution in [-0.2, 0) is 0 Å². The van der Waals surface area contributed by atoms with E-state index < -0.39 is 0 Å². The van der Waals surface area contributed by atoms with Crippen molar-refractivity contribution in [3.05, 3.63) is 490 Å². The zero-order valence-electron chi connectivity index (χ0n) is 75.5. The van der Waals surface area contributed by atoms with Crippen LogP contribution in [0.15, 0.2) is 468 Å². The zero-order chi connectivity index (χ0) is 91.4. The van der Waals surface area contributed by atoms with Crippen LogP contribution in [0.3, 0.4) is 0 Å². The molecule has 642 valence electrons. The first-order chi connectivity index (χ1) is 67.0. The summed E-state index contributed by atoms with van der Waals surface area (Å²) in [6.45, 7) is 8.40. The highest BCUT2D eigenvalue weighted by Crippen LogP contribution is 2.45. The summed E-state index contributed by atoms with van der Waals surface area (Å²) in [7, 11) is 0. The molecule has 0 saturated carbocycles. The van der Waals surface area contributed by atoms with Gasteiger partial charge in [0.05, 0.1) is 45.6 Å². The van der Waals surface area contributed by atoms with Gasteiger partial charge in [-0.1, -0.05) is 340 Å². The summed E-state index contributed by atoms with van der Waals surface area (Å²) in [5, 5.41) is 14.8. The molecule has 0 aliphatic rings. The Balaban J connectivity index is 0.000000118. The molecule has 0 amide bonds. The lowest BCUT2D eigenvalue weighted by Gasteiger charge is -2.16. The number of benzene rings is 18. The average Bonchev–Trinajstić information content (AvgIpc) is 0.754. The van der Waals surface area contributed by atoms with E-state index in [0.717, 1.165) is 157 Å². The Hall–Kier alpha value is -17.8. The van der Waals surface area contributed by atoms with E-state index in [9.17, 15) is 0 Å². The van der Waals surface area contributed by atoms with Gasteiger partial charge in [-0.3, -0.25) is 15.0 Å². The van der Waals surface area contributed by atoms with Crippen molar-refractivity contribution in [1.29, 1.82) is 0 Å². The normalized spacial score (nSPS) is 11.2. The lowest BCUT2D eigenvalue weighted by Crippen LogP contribution is -1.97. The minimum absolute atomic E-state index is 0.676. The number of aryl methyl sites for hydroxylation is 4. The highest BCUT2D eigenvalue weighted by atomic mass is 14.9. The molecule has 24 rings (SSSR count). The van der Waals surface area contributed by atoms with E-state index in [1.54, 1.807) is 0 Å². The molecular weight excluding hydrogens is 1650 g/mol. The maximum absolute atomic E-state index is 5.18. The Kier molecular flexibility index (Phi) is 22.9. The minimum Gasteiger partial charge on any atom is -0.264 e. The molecule has 6 aromatic heterocycles. The van der Waals surface area contributed by atoms with Crippen molar-refractivity contribution in [2.24, 2.45) is 0 Å². The number of hydrogen-bond acceptors (Lipinski definition) is 9. The number of pyridine rings is 3. The summed E-state index contributed by atoms with van der Waals surface area (Å²) in [4.78, 5) is 45.0. The molecule has 0 fully saturated rings. The van der Waals surface area contributed by atoms with Gasteiger partial charge in [-0.25, -0.2) is 29.9 Å². The molecule has 0 aliphatic heterocycles. The van der Waals surface area contributed by atoms with E-state index in [2.05, 4.69) is 378 Å². The molecule has 0 N–H and O–H groups in total. The molecule has 0 atom stereocenters. The number of aromatic nitrogens is 9. The van der Waals surface area contributed by atoms with E-state index in [0.29, 0.717) is 17.5 Å². The van der Waals surface area contributed by atoms with Crippen LogP contribution < -0.4 is 0 Å². The van der Waals surface area contributed by atoms with Crippen LogP contribution >= 0.6 is 0 Å². The molecule has 0 radical (unpaired) electrons. The summed E-state index contributed by atoms with van der Waals surface area (Å²) < 4.78 is 0. The van der Waals surface area contributed by atoms with Crippen molar-refractivity contribution in [1.82, 2.24) is 44.9 Å². The van der Waals surface area contributed by atoms with Gasteiger partial charge in [-0.2, -0.15) is 0 Å². The second kappa shape index (κ2) is 37.2. The smallest absolute Gasteiger partial charge is 0.160 e. The van der Waals surface area contributed by atoms with Gasteiger partial charge in [0.15, 0.2) is 17.5 Å². The lowest BCUT2D eigenvalue weighted by molar-refractivity contribution is 1.18. The summed E-state index contributed by atoms with van der Waals surface area (Å²) in [5.41, 5.74) is 32.1. The Morgan fingerprint density at radius 3 is 0.838 bits per heavy atom. The van der Waals surface area contributed by atoms with Crippen molar-refractivity contribution < 1.29 is 0 Å². The average molecular weight is 1740 g/mol. The number of hydrogen-bond donors (Lipinski definition) is 0. The van der Waals surface area contributed by atoms with Crippen LogP contribution in [0.2, 0.25) is 0 Å². The predicted molar refractivity (Wildman–Crippen MR) is 565 cm³/mol. The summed E-state index contributed by atoms with van der Waals surface area (Å²) in [5.74, 6) is 2.06. The lowest BCUT2D eigenvalue weighted by atomic mass is 9.90. The molecule has 6 heterocycles. The largest absolute Gasteiger partial charge is 0.264 e. The molecule has 18 aromatic carbocycles. The first kappa shape index (κ1) is 83.8.